The minimum absolute atomic E-state index is 0.00335. The summed E-state index contributed by atoms with van der Waals surface area (Å²) in [6.07, 6.45) is 7.71. The quantitative estimate of drug-likeness (QED) is 0.120. The van der Waals surface area contributed by atoms with E-state index >= 15 is 0 Å². The van der Waals surface area contributed by atoms with Crippen LogP contribution in [0.5, 0.6) is 0 Å². The van der Waals surface area contributed by atoms with E-state index in [0.717, 1.165) is 44.9 Å². The number of nitrogens with one attached hydrogen (secondary N) is 1. The molecule has 0 saturated carbocycles. The molecule has 44 heavy (non-hydrogen) atoms. The summed E-state index contributed by atoms with van der Waals surface area (Å²) < 4.78 is 0. The zero-order chi connectivity index (χ0) is 32.5. The number of unbranched alkanes of at least 4 members (excludes halogenated alkanes) is 5. The Bertz CT molecular complexity index is 1200. The molecule has 1 unspecified atom stereocenters. The van der Waals surface area contributed by atoms with Gasteiger partial charge in [0.15, 0.2) is 17.3 Å². The van der Waals surface area contributed by atoms with Crippen LogP contribution < -0.4 is 5.32 Å². The van der Waals surface area contributed by atoms with Gasteiger partial charge in [-0.3, -0.25) is 24.0 Å². The van der Waals surface area contributed by atoms with Gasteiger partial charge in [-0.05, 0) is 38.0 Å². The van der Waals surface area contributed by atoms with E-state index in [2.05, 4.69) is 19.2 Å². The Morgan fingerprint density at radius 3 is 1.82 bits per heavy atom. The fourth-order valence-corrected chi connectivity index (χ4v) is 5.17. The van der Waals surface area contributed by atoms with E-state index in [0.29, 0.717) is 54.8 Å². The monoisotopic (exact) mass is 604 g/mol. The lowest BCUT2D eigenvalue weighted by Crippen LogP contribution is -2.44. The molecular weight excluding hydrogens is 552 g/mol. The Hall–Kier alpha value is -3.61. The van der Waals surface area contributed by atoms with Crippen LogP contribution in [-0.2, 0) is 14.4 Å². The maximum absolute atomic E-state index is 12.7. The van der Waals surface area contributed by atoms with E-state index < -0.39 is 0 Å². The van der Waals surface area contributed by atoms with Gasteiger partial charge in [-0.1, -0.05) is 102 Å². The molecule has 0 radical (unpaired) electrons. The van der Waals surface area contributed by atoms with E-state index in [1.807, 2.05) is 32.0 Å². The van der Waals surface area contributed by atoms with E-state index in [-0.39, 0.29) is 41.1 Å². The highest BCUT2D eigenvalue weighted by Gasteiger charge is 2.28. The molecule has 0 aromatic heterocycles. The Morgan fingerprint density at radius 1 is 0.659 bits per heavy atom. The molecule has 1 N–H and O–H groups in total. The van der Waals surface area contributed by atoms with Crippen LogP contribution in [0.15, 0.2) is 54.6 Å². The van der Waals surface area contributed by atoms with Crippen LogP contribution in [-0.4, -0.2) is 53.7 Å². The minimum Gasteiger partial charge on any atom is -0.356 e. The summed E-state index contributed by atoms with van der Waals surface area (Å²) in [6, 6.07) is 15.6. The van der Waals surface area contributed by atoms with Gasteiger partial charge in [-0.15, -0.1) is 0 Å². The second-order valence-corrected chi connectivity index (χ2v) is 12.5. The van der Waals surface area contributed by atoms with Crippen molar-refractivity contribution < 1.29 is 24.0 Å². The highest BCUT2D eigenvalue weighted by Crippen LogP contribution is 2.18. The summed E-state index contributed by atoms with van der Waals surface area (Å²) in [5, 5.41) is 2.96. The first-order chi connectivity index (χ1) is 21.0. The van der Waals surface area contributed by atoms with Crippen LogP contribution in [0.3, 0.4) is 0 Å². The molecule has 7 heteroatoms. The van der Waals surface area contributed by atoms with Crippen molar-refractivity contribution in [2.45, 2.75) is 104 Å². The van der Waals surface area contributed by atoms with Crippen molar-refractivity contribution in [2.75, 3.05) is 13.6 Å². The average Bonchev–Trinajstić information content (AvgIpc) is 3.02. The van der Waals surface area contributed by atoms with Crippen molar-refractivity contribution >= 4 is 29.2 Å². The molecule has 0 aliphatic rings. The number of carbonyl (C=O) groups excluding carboxylic acids is 5. The van der Waals surface area contributed by atoms with E-state index in [9.17, 15) is 24.0 Å². The normalized spacial score (nSPS) is 11.8. The third-order valence-corrected chi connectivity index (χ3v) is 7.91. The van der Waals surface area contributed by atoms with Gasteiger partial charge in [0.25, 0.3) is 0 Å². The van der Waals surface area contributed by atoms with Crippen LogP contribution in [0.25, 0.3) is 0 Å². The Kier molecular flexibility index (Phi) is 16.3. The van der Waals surface area contributed by atoms with Crippen LogP contribution in [0.4, 0.5) is 0 Å². The third-order valence-electron chi connectivity index (χ3n) is 7.91. The summed E-state index contributed by atoms with van der Waals surface area (Å²) in [5.74, 6) is 0.390. The molecule has 0 spiro atoms. The fourth-order valence-electron chi connectivity index (χ4n) is 5.17. The van der Waals surface area contributed by atoms with Gasteiger partial charge in [-0.25, -0.2) is 0 Å². The van der Waals surface area contributed by atoms with Crippen LogP contribution in [0.1, 0.15) is 125 Å². The predicted octanol–water partition coefficient (Wildman–Crippen LogP) is 7.22. The molecule has 2 amide bonds. The van der Waals surface area contributed by atoms with Gasteiger partial charge in [0.1, 0.15) is 0 Å². The Morgan fingerprint density at radius 2 is 1.20 bits per heavy atom. The molecule has 7 nitrogen and oxygen atoms in total. The molecule has 0 heterocycles. The number of nitrogens with zero attached hydrogens (tertiary/aromatic N) is 1. The first-order valence-electron chi connectivity index (χ1n) is 16.3. The number of rotatable bonds is 21. The Balaban J connectivity index is 1.54. The molecule has 2 aromatic carbocycles. The first-order valence-corrected chi connectivity index (χ1v) is 16.3. The zero-order valence-corrected chi connectivity index (χ0v) is 27.4. The van der Waals surface area contributed by atoms with Crippen LogP contribution in [0, 0.1) is 11.8 Å². The molecule has 240 valence electrons. The lowest BCUT2D eigenvalue weighted by molar-refractivity contribution is -0.140. The fraction of sp³-hybridized carbons (Fsp3) is 0.541. The number of Topliss-reactive ketones (excluding diaryl/α,β-unsaturated/α-hetero) is 2. The number of ketones is 3. The molecule has 0 aliphatic heterocycles. The van der Waals surface area contributed by atoms with E-state index in [1.165, 1.54) is 0 Å². The van der Waals surface area contributed by atoms with Crippen molar-refractivity contribution in [3.05, 3.63) is 71.3 Å². The molecule has 0 bridgehead atoms. The Labute approximate surface area is 264 Å². The number of hydrogen-bond donors (Lipinski definition) is 1. The van der Waals surface area contributed by atoms with Gasteiger partial charge in [0.2, 0.25) is 11.8 Å². The first kappa shape index (κ1) is 36.6. The predicted molar refractivity (Wildman–Crippen MR) is 176 cm³/mol. The summed E-state index contributed by atoms with van der Waals surface area (Å²) in [6.45, 7) is 8.49. The second kappa shape index (κ2) is 19.6. The molecule has 2 aromatic rings. The zero-order valence-electron chi connectivity index (χ0n) is 27.4. The van der Waals surface area contributed by atoms with Crippen LogP contribution in [0.2, 0.25) is 0 Å². The van der Waals surface area contributed by atoms with Gasteiger partial charge in [-0.2, -0.15) is 0 Å². The molecular formula is C37H52N2O5. The lowest BCUT2D eigenvalue weighted by atomic mass is 9.93. The van der Waals surface area contributed by atoms with E-state index in [1.54, 1.807) is 48.3 Å². The second-order valence-electron chi connectivity index (χ2n) is 12.5. The van der Waals surface area contributed by atoms with Gasteiger partial charge in [0.05, 0.1) is 6.04 Å². The SMILES string of the molecule is CC(C)CC(C(=O)C(C)C)N(C)C(=O)CCCCCNC(=O)CCCCCCC(=O)c1ccc(C(=O)c2ccccc2)cc1. The highest BCUT2D eigenvalue weighted by atomic mass is 16.2. The smallest absolute Gasteiger partial charge is 0.222 e. The largest absolute Gasteiger partial charge is 0.356 e. The van der Waals surface area contributed by atoms with Crippen molar-refractivity contribution in [1.82, 2.24) is 10.2 Å². The maximum atomic E-state index is 12.7. The number of benzene rings is 2. The maximum Gasteiger partial charge on any atom is 0.222 e. The molecule has 0 saturated heterocycles. The molecule has 1 atom stereocenters. The summed E-state index contributed by atoms with van der Waals surface area (Å²) in [4.78, 5) is 64.2. The van der Waals surface area contributed by atoms with Crippen molar-refractivity contribution in [3.63, 3.8) is 0 Å². The average molecular weight is 605 g/mol. The standard InChI is InChI=1S/C37H52N2O5/c1-27(2)26-32(36(43)28(3)4)39(5)35(42)20-14-9-15-25-38-34(41)19-13-7-6-12-18-33(40)29-21-23-31(24-22-29)37(44)30-16-10-8-11-17-30/h8,10-11,16-17,21-24,27-28,32H,6-7,9,12-15,18-20,25-26H2,1-5H3,(H,38,41). The van der Waals surface area contributed by atoms with E-state index in [4.69, 9.17) is 0 Å². The molecule has 0 fully saturated rings. The number of amides is 2. The van der Waals surface area contributed by atoms with Gasteiger partial charge in [0, 0.05) is 55.5 Å². The third kappa shape index (κ3) is 12.9. The molecule has 0 aliphatic carbocycles. The summed E-state index contributed by atoms with van der Waals surface area (Å²) in [5.41, 5.74) is 1.80. The minimum atomic E-state index is -0.363. The summed E-state index contributed by atoms with van der Waals surface area (Å²) >= 11 is 0. The van der Waals surface area contributed by atoms with Crippen molar-refractivity contribution in [2.24, 2.45) is 11.8 Å². The lowest BCUT2D eigenvalue weighted by Gasteiger charge is -2.30. The molecule has 2 rings (SSSR count). The topological polar surface area (TPSA) is 101 Å². The summed E-state index contributed by atoms with van der Waals surface area (Å²) in [7, 11) is 1.74. The van der Waals surface area contributed by atoms with Crippen molar-refractivity contribution in [3.8, 4) is 0 Å². The van der Waals surface area contributed by atoms with Gasteiger partial charge < -0.3 is 10.2 Å². The number of carbonyl (C=O) groups is 5. The van der Waals surface area contributed by atoms with Crippen molar-refractivity contribution in [1.29, 1.82) is 0 Å². The number of likely N-dealkylation sites (N-methyl/N-ethyl adjacent to an activating group) is 1. The number of hydrogen-bond acceptors (Lipinski definition) is 5. The highest BCUT2D eigenvalue weighted by molar-refractivity contribution is 6.09. The van der Waals surface area contributed by atoms with Crippen LogP contribution >= 0.6 is 0 Å². The van der Waals surface area contributed by atoms with Gasteiger partial charge >= 0.3 is 0 Å².